The van der Waals surface area contributed by atoms with Gasteiger partial charge in [0, 0.05) is 17.7 Å². The molecule has 87 valence electrons. The summed E-state index contributed by atoms with van der Waals surface area (Å²) in [5.41, 5.74) is 5.10. The Labute approximate surface area is 106 Å². The van der Waals surface area contributed by atoms with Gasteiger partial charge in [0.2, 0.25) is 0 Å². The first-order valence-electron chi connectivity index (χ1n) is 6.23. The molecule has 1 aliphatic heterocycles. The molecule has 2 nitrogen and oxygen atoms in total. The summed E-state index contributed by atoms with van der Waals surface area (Å²) in [5, 5.41) is 3.46. The maximum absolute atomic E-state index is 12.5. The smallest absolute Gasteiger partial charge is 0.193 e. The Morgan fingerprint density at radius 3 is 2.56 bits per heavy atom. The van der Waals surface area contributed by atoms with Crippen molar-refractivity contribution in [1.82, 2.24) is 5.32 Å². The first kappa shape index (κ1) is 10.0. The lowest BCUT2D eigenvalue weighted by Gasteiger charge is -2.32. The second kappa shape index (κ2) is 3.53. The van der Waals surface area contributed by atoms with Gasteiger partial charge in [-0.15, -0.1) is 0 Å². The molecule has 0 saturated heterocycles. The van der Waals surface area contributed by atoms with E-state index in [-0.39, 0.29) is 5.78 Å². The van der Waals surface area contributed by atoms with Crippen LogP contribution in [0.1, 0.15) is 32.6 Å². The monoisotopic (exact) mass is 234 g/mol. The highest BCUT2D eigenvalue weighted by Crippen LogP contribution is 2.37. The number of hydrogen-bond acceptors (Lipinski definition) is 2. The van der Waals surface area contributed by atoms with Crippen LogP contribution in [0.25, 0.3) is 0 Å². The predicted molar refractivity (Wildman–Crippen MR) is 69.5 cm³/mol. The van der Waals surface area contributed by atoms with Gasteiger partial charge in [-0.3, -0.25) is 4.79 Å². The van der Waals surface area contributed by atoms with Crippen molar-refractivity contribution in [3.05, 3.63) is 76.3 Å². The predicted octanol–water partition coefficient (Wildman–Crippen LogP) is 2.31. The summed E-state index contributed by atoms with van der Waals surface area (Å²) in [4.78, 5) is 12.5. The van der Waals surface area contributed by atoms with Crippen LogP contribution in [0.5, 0.6) is 0 Å². The molecule has 0 unspecified atom stereocenters. The van der Waals surface area contributed by atoms with E-state index in [1.54, 1.807) is 0 Å². The molecule has 0 aromatic heterocycles. The van der Waals surface area contributed by atoms with E-state index < -0.39 is 0 Å². The summed E-state index contributed by atoms with van der Waals surface area (Å²) >= 11 is 0. The Bertz CT molecular complexity index is 660. The number of rotatable bonds is 0. The van der Waals surface area contributed by atoms with Crippen molar-refractivity contribution in [3.63, 3.8) is 0 Å². The van der Waals surface area contributed by atoms with Crippen LogP contribution in [-0.4, -0.2) is 12.3 Å². The van der Waals surface area contributed by atoms with E-state index >= 15 is 0 Å². The number of benzene rings is 2. The van der Waals surface area contributed by atoms with Gasteiger partial charge in [-0.1, -0.05) is 42.5 Å². The Morgan fingerprint density at radius 2 is 1.67 bits per heavy atom. The number of nitrogens with one attached hydrogen (secondary N) is 1. The molecule has 0 spiro atoms. The molecular weight excluding hydrogens is 222 g/mol. The van der Waals surface area contributed by atoms with E-state index in [1.807, 2.05) is 36.4 Å². The van der Waals surface area contributed by atoms with Gasteiger partial charge in [-0.2, -0.15) is 0 Å². The lowest BCUT2D eigenvalue weighted by Crippen LogP contribution is -2.36. The topological polar surface area (TPSA) is 29.1 Å². The van der Waals surface area contributed by atoms with Crippen molar-refractivity contribution in [2.45, 2.75) is 6.42 Å². The second-order valence-corrected chi connectivity index (χ2v) is 4.77. The molecule has 0 saturated carbocycles. The molecule has 2 aromatic carbocycles. The van der Waals surface area contributed by atoms with E-state index in [1.165, 1.54) is 5.56 Å². The van der Waals surface area contributed by atoms with E-state index in [0.29, 0.717) is 0 Å². The number of carbonyl (C=O) groups is 1. The molecule has 0 fully saturated rings. The van der Waals surface area contributed by atoms with Crippen LogP contribution in [0.4, 0.5) is 0 Å². The summed E-state index contributed by atoms with van der Waals surface area (Å²) in [6.07, 6.45) is 0.988. The molecule has 1 radical (unpaired) electrons. The summed E-state index contributed by atoms with van der Waals surface area (Å²) in [5.74, 6) is 0.148. The third-order valence-corrected chi connectivity index (χ3v) is 3.78. The minimum Gasteiger partial charge on any atom is -0.301 e. The summed E-state index contributed by atoms with van der Waals surface area (Å²) in [6, 6.07) is 15.0. The average Bonchev–Trinajstić information content (AvgIpc) is 2.44. The molecule has 0 amide bonds. The van der Waals surface area contributed by atoms with E-state index in [2.05, 4.69) is 11.4 Å². The van der Waals surface area contributed by atoms with E-state index in [4.69, 9.17) is 0 Å². The zero-order chi connectivity index (χ0) is 12.1. The minimum atomic E-state index is 0.148. The van der Waals surface area contributed by atoms with Crippen LogP contribution in [0, 0.1) is 6.04 Å². The molecule has 2 aromatic rings. The quantitative estimate of drug-likeness (QED) is 0.758. The SMILES string of the molecule is O=C1c2ccccc2[C]2NCCc3cccc1c32. The first-order valence-corrected chi connectivity index (χ1v) is 6.23. The number of carbonyl (C=O) groups excluding carboxylic acids is 1. The molecule has 2 aliphatic rings. The normalized spacial score (nSPS) is 17.2. The molecule has 2 heteroatoms. The molecule has 0 atom stereocenters. The van der Waals surface area contributed by atoms with Gasteiger partial charge >= 0.3 is 0 Å². The Morgan fingerprint density at radius 1 is 0.889 bits per heavy atom. The summed E-state index contributed by atoms with van der Waals surface area (Å²) in [7, 11) is 0. The summed E-state index contributed by atoms with van der Waals surface area (Å²) in [6.45, 7) is 0.939. The molecular formula is C16H12NO. The van der Waals surface area contributed by atoms with Crippen molar-refractivity contribution in [2.24, 2.45) is 0 Å². The fourth-order valence-electron chi connectivity index (χ4n) is 2.98. The number of hydrogen-bond donors (Lipinski definition) is 1. The van der Waals surface area contributed by atoms with Gasteiger partial charge in [-0.05, 0) is 23.1 Å². The van der Waals surface area contributed by atoms with Crippen LogP contribution in [0.3, 0.4) is 0 Å². The maximum Gasteiger partial charge on any atom is 0.193 e. The van der Waals surface area contributed by atoms with Crippen molar-refractivity contribution >= 4 is 5.78 Å². The lowest BCUT2D eigenvalue weighted by molar-refractivity contribution is 0.103. The highest BCUT2D eigenvalue weighted by atomic mass is 16.1. The minimum absolute atomic E-state index is 0.148. The molecule has 1 N–H and O–H groups in total. The molecule has 0 bridgehead atoms. The Hall–Kier alpha value is -1.93. The zero-order valence-corrected chi connectivity index (χ0v) is 9.86. The maximum atomic E-state index is 12.5. The standard InChI is InChI=1S/C16H12NO/c18-16-12-6-2-1-5-11(12)15-14-10(8-9-17-15)4-3-7-13(14)16/h1-7,17H,8-9H2. The van der Waals surface area contributed by atoms with Crippen LogP contribution >= 0.6 is 0 Å². The molecule has 1 aliphatic carbocycles. The van der Waals surface area contributed by atoms with E-state index in [0.717, 1.165) is 41.3 Å². The van der Waals surface area contributed by atoms with Crippen LogP contribution in [-0.2, 0) is 6.42 Å². The van der Waals surface area contributed by atoms with Gasteiger partial charge in [0.15, 0.2) is 5.78 Å². The van der Waals surface area contributed by atoms with Gasteiger partial charge in [0.25, 0.3) is 0 Å². The number of ketones is 1. The molecule has 1 heterocycles. The third-order valence-electron chi connectivity index (χ3n) is 3.78. The lowest BCUT2D eigenvalue weighted by atomic mass is 9.77. The van der Waals surface area contributed by atoms with Gasteiger partial charge in [0.1, 0.15) is 0 Å². The largest absolute Gasteiger partial charge is 0.301 e. The zero-order valence-electron chi connectivity index (χ0n) is 9.86. The van der Waals surface area contributed by atoms with Crippen molar-refractivity contribution in [3.8, 4) is 0 Å². The van der Waals surface area contributed by atoms with Crippen molar-refractivity contribution < 1.29 is 4.79 Å². The molecule has 18 heavy (non-hydrogen) atoms. The first-order chi connectivity index (χ1) is 8.86. The van der Waals surface area contributed by atoms with Crippen molar-refractivity contribution in [2.75, 3.05) is 6.54 Å². The highest BCUT2D eigenvalue weighted by molar-refractivity contribution is 6.14. The Balaban J connectivity index is 2.06. The second-order valence-electron chi connectivity index (χ2n) is 4.77. The van der Waals surface area contributed by atoms with Gasteiger partial charge < -0.3 is 5.32 Å². The fraction of sp³-hybridized carbons (Fsp3) is 0.125. The van der Waals surface area contributed by atoms with E-state index in [9.17, 15) is 4.79 Å². The number of fused-ring (bicyclic) bond motifs is 2. The third kappa shape index (κ3) is 1.18. The molecule has 4 rings (SSSR count). The van der Waals surface area contributed by atoms with Crippen LogP contribution in [0.2, 0.25) is 0 Å². The Kier molecular flexibility index (Phi) is 1.97. The summed E-state index contributed by atoms with van der Waals surface area (Å²) < 4.78 is 0. The van der Waals surface area contributed by atoms with Gasteiger partial charge in [-0.25, -0.2) is 0 Å². The van der Waals surface area contributed by atoms with Crippen LogP contribution < -0.4 is 5.32 Å². The fourth-order valence-corrected chi connectivity index (χ4v) is 2.98. The highest BCUT2D eigenvalue weighted by Gasteiger charge is 2.34. The van der Waals surface area contributed by atoms with Gasteiger partial charge in [0.05, 0.1) is 6.04 Å². The van der Waals surface area contributed by atoms with Crippen molar-refractivity contribution in [1.29, 1.82) is 0 Å². The van der Waals surface area contributed by atoms with Crippen LogP contribution in [0.15, 0.2) is 42.5 Å². The average molecular weight is 234 g/mol.